The number of rotatable bonds is 4. The van der Waals surface area contributed by atoms with Gasteiger partial charge in [0.1, 0.15) is 5.69 Å². The van der Waals surface area contributed by atoms with Crippen molar-refractivity contribution in [2.45, 2.75) is 20.8 Å². The third-order valence-electron chi connectivity index (χ3n) is 4.43. The lowest BCUT2D eigenvalue weighted by atomic mass is 10.1. The number of anilines is 3. The van der Waals surface area contributed by atoms with Gasteiger partial charge in [-0.15, -0.1) is 0 Å². The molecule has 2 N–H and O–H groups in total. The van der Waals surface area contributed by atoms with Crippen molar-refractivity contribution in [3.63, 3.8) is 0 Å². The average molecular weight is 376 g/mol. The van der Waals surface area contributed by atoms with E-state index >= 15 is 0 Å². The van der Waals surface area contributed by atoms with Crippen molar-refractivity contribution < 1.29 is 14.3 Å². The molecule has 0 fully saturated rings. The fourth-order valence-electron chi connectivity index (χ4n) is 3.20. The van der Waals surface area contributed by atoms with Gasteiger partial charge in [-0.2, -0.15) is 0 Å². The first-order valence-corrected chi connectivity index (χ1v) is 8.88. The van der Waals surface area contributed by atoms with Crippen molar-refractivity contribution in [1.29, 1.82) is 0 Å². The summed E-state index contributed by atoms with van der Waals surface area (Å²) in [6.07, 6.45) is 1.56. The van der Waals surface area contributed by atoms with E-state index in [4.69, 9.17) is 9.47 Å². The van der Waals surface area contributed by atoms with Crippen LogP contribution >= 0.6 is 0 Å². The van der Waals surface area contributed by atoms with Gasteiger partial charge in [0.15, 0.2) is 11.5 Å². The molecule has 1 aliphatic heterocycles. The van der Waals surface area contributed by atoms with E-state index in [1.54, 1.807) is 30.5 Å². The number of carbonyl (C=O) groups excluding carboxylic acids is 1. The molecule has 1 aliphatic rings. The molecule has 7 nitrogen and oxygen atoms in total. The van der Waals surface area contributed by atoms with Gasteiger partial charge in [0.05, 0.1) is 0 Å². The summed E-state index contributed by atoms with van der Waals surface area (Å²) in [5, 5.41) is 6.04. The molecule has 4 rings (SSSR count). The highest BCUT2D eigenvalue weighted by atomic mass is 16.7. The maximum atomic E-state index is 12.6. The Balaban J connectivity index is 1.53. The molecule has 0 bridgehead atoms. The zero-order chi connectivity index (χ0) is 19.7. The molecule has 0 saturated carbocycles. The molecule has 0 atom stereocenters. The van der Waals surface area contributed by atoms with E-state index in [0.29, 0.717) is 23.1 Å². The zero-order valence-electron chi connectivity index (χ0n) is 15.9. The van der Waals surface area contributed by atoms with Gasteiger partial charge in [0.2, 0.25) is 12.7 Å². The van der Waals surface area contributed by atoms with Crippen LogP contribution in [0.1, 0.15) is 27.2 Å². The van der Waals surface area contributed by atoms with Gasteiger partial charge in [-0.1, -0.05) is 17.7 Å². The average Bonchev–Trinajstić information content (AvgIpc) is 3.12. The molecular formula is C21H20N4O3. The van der Waals surface area contributed by atoms with E-state index in [9.17, 15) is 4.79 Å². The second-order valence-corrected chi connectivity index (χ2v) is 6.69. The van der Waals surface area contributed by atoms with Gasteiger partial charge >= 0.3 is 0 Å². The summed E-state index contributed by atoms with van der Waals surface area (Å²) in [4.78, 5) is 21.2. The number of carbonyl (C=O) groups is 1. The topological polar surface area (TPSA) is 85.4 Å². The minimum Gasteiger partial charge on any atom is -0.454 e. The molecule has 2 aromatic carbocycles. The first-order valence-electron chi connectivity index (χ1n) is 8.88. The van der Waals surface area contributed by atoms with Gasteiger partial charge in [-0.3, -0.25) is 4.79 Å². The third kappa shape index (κ3) is 3.59. The Hall–Kier alpha value is -3.61. The summed E-state index contributed by atoms with van der Waals surface area (Å²) >= 11 is 0. The van der Waals surface area contributed by atoms with Crippen LogP contribution in [-0.4, -0.2) is 22.7 Å². The van der Waals surface area contributed by atoms with E-state index in [1.165, 1.54) is 5.56 Å². The maximum absolute atomic E-state index is 12.6. The highest BCUT2D eigenvalue weighted by Gasteiger charge is 2.16. The van der Waals surface area contributed by atoms with Crippen LogP contribution in [-0.2, 0) is 0 Å². The summed E-state index contributed by atoms with van der Waals surface area (Å²) < 4.78 is 10.6. The number of benzene rings is 2. The van der Waals surface area contributed by atoms with E-state index in [0.717, 1.165) is 16.8 Å². The number of aromatic nitrogens is 2. The fraction of sp³-hybridized carbons (Fsp3) is 0.190. The van der Waals surface area contributed by atoms with Crippen LogP contribution in [0.25, 0.3) is 0 Å². The molecule has 142 valence electrons. The molecule has 0 radical (unpaired) electrons. The third-order valence-corrected chi connectivity index (χ3v) is 4.43. The smallest absolute Gasteiger partial charge is 0.274 e. The Bertz CT molecular complexity index is 1040. The normalized spacial score (nSPS) is 12.0. The Kier molecular flexibility index (Phi) is 4.57. The lowest BCUT2D eigenvalue weighted by Gasteiger charge is -2.13. The molecule has 0 aliphatic carbocycles. The monoisotopic (exact) mass is 376 g/mol. The number of aryl methyl sites for hydroxylation is 3. The quantitative estimate of drug-likeness (QED) is 0.712. The first kappa shape index (κ1) is 17.8. The molecular weight excluding hydrogens is 356 g/mol. The molecule has 1 amide bonds. The predicted molar refractivity (Wildman–Crippen MR) is 106 cm³/mol. The summed E-state index contributed by atoms with van der Waals surface area (Å²) in [7, 11) is 0. The van der Waals surface area contributed by atoms with Crippen LogP contribution in [0.3, 0.4) is 0 Å². The van der Waals surface area contributed by atoms with Gasteiger partial charge in [-0.25, -0.2) is 9.97 Å². The van der Waals surface area contributed by atoms with Crippen LogP contribution in [0.5, 0.6) is 11.5 Å². The number of ether oxygens (including phenoxy) is 2. The van der Waals surface area contributed by atoms with Crippen LogP contribution in [0.15, 0.2) is 42.6 Å². The summed E-state index contributed by atoms with van der Waals surface area (Å²) in [6.45, 7) is 6.30. The highest BCUT2D eigenvalue weighted by Crippen LogP contribution is 2.34. The number of amides is 1. The van der Waals surface area contributed by atoms with Crippen LogP contribution in [0.4, 0.5) is 17.3 Å². The Morgan fingerprint density at radius 1 is 1.00 bits per heavy atom. The molecule has 0 spiro atoms. The Morgan fingerprint density at radius 2 is 1.75 bits per heavy atom. The van der Waals surface area contributed by atoms with E-state index < -0.39 is 0 Å². The number of fused-ring (bicyclic) bond motifs is 1. The van der Waals surface area contributed by atoms with E-state index in [2.05, 4.69) is 39.7 Å². The van der Waals surface area contributed by atoms with E-state index in [-0.39, 0.29) is 18.4 Å². The molecule has 2 heterocycles. The lowest BCUT2D eigenvalue weighted by Crippen LogP contribution is -2.15. The second-order valence-electron chi connectivity index (χ2n) is 6.69. The van der Waals surface area contributed by atoms with Gasteiger partial charge in [0.25, 0.3) is 5.91 Å². The highest BCUT2D eigenvalue weighted by molar-refractivity contribution is 6.03. The molecule has 28 heavy (non-hydrogen) atoms. The standard InChI is InChI=1S/C21H20N4O3/c1-12-8-13(2)19(14(3)9-12)25-21-22-7-6-16(24-21)20(26)23-15-4-5-17-18(10-15)28-11-27-17/h4-10H,11H2,1-3H3,(H,23,26)(H,22,24,25). The summed E-state index contributed by atoms with van der Waals surface area (Å²) in [6, 6.07) is 11.0. The zero-order valence-corrected chi connectivity index (χ0v) is 15.9. The molecule has 7 heteroatoms. The minimum atomic E-state index is -0.332. The van der Waals surface area contributed by atoms with Gasteiger partial charge in [0, 0.05) is 23.6 Å². The van der Waals surface area contributed by atoms with E-state index in [1.807, 2.05) is 13.8 Å². The molecule has 0 saturated heterocycles. The molecule has 3 aromatic rings. The number of nitrogens with zero attached hydrogens (tertiary/aromatic N) is 2. The van der Waals surface area contributed by atoms with Crippen LogP contribution < -0.4 is 20.1 Å². The van der Waals surface area contributed by atoms with Crippen molar-refractivity contribution in [3.8, 4) is 11.5 Å². The number of nitrogens with one attached hydrogen (secondary N) is 2. The van der Waals surface area contributed by atoms with Crippen LogP contribution in [0, 0.1) is 20.8 Å². The van der Waals surface area contributed by atoms with Crippen molar-refractivity contribution in [2.75, 3.05) is 17.4 Å². The Labute approximate surface area is 162 Å². The SMILES string of the molecule is Cc1cc(C)c(Nc2nccc(C(=O)Nc3ccc4c(c3)OCO4)n2)c(C)c1. The Morgan fingerprint density at radius 3 is 2.54 bits per heavy atom. The summed E-state index contributed by atoms with van der Waals surface area (Å²) in [5.74, 6) is 1.30. The largest absolute Gasteiger partial charge is 0.454 e. The minimum absolute atomic E-state index is 0.186. The maximum Gasteiger partial charge on any atom is 0.274 e. The van der Waals surface area contributed by atoms with Crippen molar-refractivity contribution >= 4 is 23.2 Å². The number of hydrogen-bond acceptors (Lipinski definition) is 6. The summed E-state index contributed by atoms with van der Waals surface area (Å²) in [5.41, 5.74) is 5.19. The molecule has 1 aromatic heterocycles. The van der Waals surface area contributed by atoms with Gasteiger partial charge in [-0.05, 0) is 50.1 Å². The first-order chi connectivity index (χ1) is 13.5. The molecule has 0 unspecified atom stereocenters. The van der Waals surface area contributed by atoms with Gasteiger partial charge < -0.3 is 20.1 Å². The lowest BCUT2D eigenvalue weighted by molar-refractivity contribution is 0.102. The predicted octanol–water partition coefficient (Wildman–Crippen LogP) is 4.13. The van der Waals surface area contributed by atoms with Crippen molar-refractivity contribution in [3.05, 3.63) is 65.0 Å². The van der Waals surface area contributed by atoms with Crippen molar-refractivity contribution in [2.24, 2.45) is 0 Å². The van der Waals surface area contributed by atoms with Crippen molar-refractivity contribution in [1.82, 2.24) is 9.97 Å². The second kappa shape index (κ2) is 7.19. The number of hydrogen-bond donors (Lipinski definition) is 2. The van der Waals surface area contributed by atoms with Crippen LogP contribution in [0.2, 0.25) is 0 Å². The fourth-order valence-corrected chi connectivity index (χ4v) is 3.20.